The minimum atomic E-state index is -0.801. The first kappa shape index (κ1) is 31.0. The Morgan fingerprint density at radius 3 is 2.33 bits per heavy atom. The van der Waals surface area contributed by atoms with Crippen LogP contribution in [0.15, 0.2) is 30.5 Å². The minimum Gasteiger partial charge on any atom is -0.493 e. The summed E-state index contributed by atoms with van der Waals surface area (Å²) in [6.45, 7) is 11.8. The number of nitrogens with one attached hydrogen (secondary N) is 1. The number of fused-ring (bicyclic) bond motifs is 1. The Kier molecular flexibility index (Phi) is 7.89. The Morgan fingerprint density at radius 1 is 1.00 bits per heavy atom. The molecular formula is C32H38BF2N5O5. The van der Waals surface area contributed by atoms with E-state index in [1.807, 2.05) is 38.7 Å². The standard InChI is InChI=1S/C32H38BF2N5O5/c1-19(41)40-9-7-8-20(18-40)22-15-24(33-44-31(2,3)32(4,5)45-33)23-16-25(37-28(23)27(22)35)30(42)39-12-10-38(11-13-39)29-26(43-6)14-21(34)17-36-29/h8,14-17,37H,7,9-13,18H2,1-6H3. The third kappa shape index (κ3) is 5.56. The highest BCUT2D eigenvalue weighted by molar-refractivity contribution is 6.65. The van der Waals surface area contributed by atoms with Crippen LogP contribution in [0.25, 0.3) is 16.5 Å². The van der Waals surface area contributed by atoms with Gasteiger partial charge in [-0.2, -0.15) is 0 Å². The van der Waals surface area contributed by atoms with Crippen molar-refractivity contribution in [2.45, 2.75) is 52.2 Å². The predicted molar refractivity (Wildman–Crippen MR) is 168 cm³/mol. The van der Waals surface area contributed by atoms with Gasteiger partial charge in [-0.3, -0.25) is 9.59 Å². The average molecular weight is 621 g/mol. The second-order valence-corrected chi connectivity index (χ2v) is 12.8. The molecule has 6 rings (SSSR count). The van der Waals surface area contributed by atoms with Gasteiger partial charge in [0.1, 0.15) is 11.5 Å². The van der Waals surface area contributed by atoms with Crippen molar-refractivity contribution in [3.8, 4) is 5.75 Å². The Hall–Kier alpha value is -3.97. The maximum Gasteiger partial charge on any atom is 0.495 e. The summed E-state index contributed by atoms with van der Waals surface area (Å²) in [5.41, 5.74) is 0.796. The maximum atomic E-state index is 16.4. The molecule has 10 nitrogen and oxygen atoms in total. The predicted octanol–water partition coefficient (Wildman–Crippen LogP) is 3.75. The van der Waals surface area contributed by atoms with Crippen molar-refractivity contribution in [2.75, 3.05) is 51.3 Å². The lowest BCUT2D eigenvalue weighted by atomic mass is 9.75. The molecule has 3 aromatic rings. The van der Waals surface area contributed by atoms with Crippen molar-refractivity contribution < 1.29 is 32.4 Å². The molecule has 0 atom stereocenters. The molecule has 5 heterocycles. The number of carbonyl (C=O) groups excluding carboxylic acids is 2. The molecule has 45 heavy (non-hydrogen) atoms. The quantitative estimate of drug-likeness (QED) is 0.434. The fraction of sp³-hybridized carbons (Fsp3) is 0.469. The van der Waals surface area contributed by atoms with Gasteiger partial charge >= 0.3 is 7.12 Å². The largest absolute Gasteiger partial charge is 0.495 e. The van der Waals surface area contributed by atoms with Gasteiger partial charge in [0.15, 0.2) is 17.4 Å². The van der Waals surface area contributed by atoms with E-state index >= 15 is 4.39 Å². The van der Waals surface area contributed by atoms with E-state index in [-0.39, 0.29) is 29.6 Å². The van der Waals surface area contributed by atoms with Crippen molar-refractivity contribution in [2.24, 2.45) is 0 Å². The summed E-state index contributed by atoms with van der Waals surface area (Å²) in [6, 6.07) is 4.68. The van der Waals surface area contributed by atoms with Crippen molar-refractivity contribution >= 4 is 46.7 Å². The van der Waals surface area contributed by atoms with Crippen LogP contribution in [0, 0.1) is 11.6 Å². The van der Waals surface area contributed by atoms with Crippen LogP contribution in [0.3, 0.4) is 0 Å². The SMILES string of the molecule is COc1cc(F)cnc1N1CCN(C(=O)c2cc3c(B4OC(C)(C)C(C)(C)O4)cc(C4=CCCN(C(C)=O)C4)c(F)c3[nH]2)CC1. The molecule has 2 aromatic heterocycles. The van der Waals surface area contributed by atoms with Gasteiger partial charge in [0.25, 0.3) is 5.91 Å². The number of hydrogen-bond donors (Lipinski definition) is 1. The zero-order valence-corrected chi connectivity index (χ0v) is 26.5. The first-order valence-corrected chi connectivity index (χ1v) is 15.2. The van der Waals surface area contributed by atoms with E-state index in [1.165, 1.54) is 20.1 Å². The molecule has 0 bridgehead atoms. The number of ether oxygens (including phenoxy) is 1. The molecule has 2 saturated heterocycles. The summed E-state index contributed by atoms with van der Waals surface area (Å²) in [6.07, 6.45) is 3.70. The van der Waals surface area contributed by atoms with Crippen LogP contribution >= 0.6 is 0 Å². The van der Waals surface area contributed by atoms with E-state index in [4.69, 9.17) is 14.0 Å². The van der Waals surface area contributed by atoms with Crippen molar-refractivity contribution in [3.63, 3.8) is 0 Å². The first-order chi connectivity index (χ1) is 21.3. The lowest BCUT2D eigenvalue weighted by molar-refractivity contribution is -0.128. The zero-order valence-electron chi connectivity index (χ0n) is 26.5. The molecule has 0 unspecified atom stereocenters. The molecule has 0 radical (unpaired) electrons. The number of benzene rings is 1. The second-order valence-electron chi connectivity index (χ2n) is 12.8. The zero-order chi connectivity index (χ0) is 32.3. The summed E-state index contributed by atoms with van der Waals surface area (Å²) in [5, 5.41) is 0.497. The topological polar surface area (TPSA) is 100 Å². The summed E-state index contributed by atoms with van der Waals surface area (Å²) >= 11 is 0. The van der Waals surface area contributed by atoms with E-state index in [1.54, 1.807) is 21.9 Å². The number of anilines is 1. The number of H-pyrrole nitrogens is 1. The molecule has 13 heteroatoms. The van der Waals surface area contributed by atoms with Crippen LogP contribution in [0.2, 0.25) is 0 Å². The van der Waals surface area contributed by atoms with E-state index in [0.717, 1.165) is 6.20 Å². The monoisotopic (exact) mass is 621 g/mol. The normalized spacial score (nSPS) is 19.7. The smallest absolute Gasteiger partial charge is 0.493 e. The molecule has 0 saturated carbocycles. The average Bonchev–Trinajstić information content (AvgIpc) is 3.55. The molecule has 2 fully saturated rings. The Bertz CT molecular complexity index is 1680. The van der Waals surface area contributed by atoms with Crippen LogP contribution in [-0.4, -0.2) is 96.3 Å². The number of pyridine rings is 1. The second kappa shape index (κ2) is 11.4. The first-order valence-electron chi connectivity index (χ1n) is 15.2. The number of methoxy groups -OCH3 is 1. The number of piperazine rings is 1. The molecular weight excluding hydrogens is 583 g/mol. The lowest BCUT2D eigenvalue weighted by Gasteiger charge is -2.35. The van der Waals surface area contributed by atoms with Gasteiger partial charge in [-0.15, -0.1) is 0 Å². The summed E-state index contributed by atoms with van der Waals surface area (Å²) in [7, 11) is 0.660. The van der Waals surface area contributed by atoms with Gasteiger partial charge in [0.05, 0.1) is 30.0 Å². The molecule has 238 valence electrons. The maximum absolute atomic E-state index is 16.4. The van der Waals surface area contributed by atoms with E-state index in [2.05, 4.69) is 9.97 Å². The number of aromatic nitrogens is 2. The van der Waals surface area contributed by atoms with Gasteiger partial charge in [0, 0.05) is 63.2 Å². The van der Waals surface area contributed by atoms with Crippen molar-refractivity contribution in [1.29, 1.82) is 0 Å². The van der Waals surface area contributed by atoms with Gasteiger partial charge in [0.2, 0.25) is 5.91 Å². The number of aromatic amines is 1. The fourth-order valence-corrected chi connectivity index (χ4v) is 6.10. The number of rotatable bonds is 5. The third-order valence-electron chi connectivity index (χ3n) is 9.45. The van der Waals surface area contributed by atoms with Crippen molar-refractivity contribution in [3.05, 3.63) is 53.4 Å². The van der Waals surface area contributed by atoms with Crippen LogP contribution in [0.4, 0.5) is 14.6 Å². The number of nitrogens with zero attached hydrogens (tertiary/aromatic N) is 4. The molecule has 1 aromatic carbocycles. The van der Waals surface area contributed by atoms with E-state index in [9.17, 15) is 14.0 Å². The molecule has 0 aliphatic carbocycles. The van der Waals surface area contributed by atoms with Crippen molar-refractivity contribution in [1.82, 2.24) is 19.8 Å². The van der Waals surface area contributed by atoms with Gasteiger partial charge in [-0.1, -0.05) is 12.1 Å². The van der Waals surface area contributed by atoms with Crippen LogP contribution in [-0.2, 0) is 14.1 Å². The van der Waals surface area contributed by atoms with Crippen LogP contribution in [0.1, 0.15) is 57.1 Å². The fourth-order valence-electron chi connectivity index (χ4n) is 6.10. The van der Waals surface area contributed by atoms with E-state index in [0.29, 0.717) is 72.7 Å². The Labute approximate surface area is 261 Å². The summed E-state index contributed by atoms with van der Waals surface area (Å²) in [5.74, 6) is -0.500. The highest BCUT2D eigenvalue weighted by Crippen LogP contribution is 2.38. The van der Waals surface area contributed by atoms with E-state index < -0.39 is 30.0 Å². The minimum absolute atomic E-state index is 0.0743. The molecule has 1 N–H and O–H groups in total. The highest BCUT2D eigenvalue weighted by atomic mass is 19.1. The van der Waals surface area contributed by atoms with Crippen LogP contribution < -0.4 is 15.1 Å². The van der Waals surface area contributed by atoms with Gasteiger partial charge < -0.3 is 33.7 Å². The summed E-state index contributed by atoms with van der Waals surface area (Å²) < 4.78 is 48.1. The molecule has 3 aliphatic rings. The lowest BCUT2D eigenvalue weighted by Crippen LogP contribution is -2.49. The number of hydrogen-bond acceptors (Lipinski definition) is 7. The number of halogens is 2. The molecule has 2 amide bonds. The molecule has 0 spiro atoms. The summed E-state index contributed by atoms with van der Waals surface area (Å²) in [4.78, 5) is 38.5. The van der Waals surface area contributed by atoms with Gasteiger partial charge in [-0.05, 0) is 51.2 Å². The Morgan fingerprint density at radius 2 is 1.69 bits per heavy atom. The van der Waals surface area contributed by atoms with Gasteiger partial charge in [-0.25, -0.2) is 13.8 Å². The Balaban J connectivity index is 1.33. The third-order valence-corrected chi connectivity index (χ3v) is 9.45. The number of carbonyl (C=O) groups is 2. The number of amides is 2. The van der Waals surface area contributed by atoms with Crippen LogP contribution in [0.5, 0.6) is 5.75 Å². The highest BCUT2D eigenvalue weighted by Gasteiger charge is 2.52. The molecule has 3 aliphatic heterocycles.